The average molecular weight is 264 g/mol. The fourth-order valence-corrected chi connectivity index (χ4v) is 2.72. The number of rotatable bonds is 4. The van der Waals surface area contributed by atoms with Gasteiger partial charge in [-0.15, -0.1) is 0 Å². The summed E-state index contributed by atoms with van der Waals surface area (Å²) >= 11 is 0. The van der Waals surface area contributed by atoms with Gasteiger partial charge in [-0.3, -0.25) is 0 Å². The molecule has 2 aliphatic rings. The van der Waals surface area contributed by atoms with Gasteiger partial charge in [-0.2, -0.15) is 0 Å². The summed E-state index contributed by atoms with van der Waals surface area (Å²) in [7, 11) is 0. The van der Waals surface area contributed by atoms with Gasteiger partial charge in [0.2, 0.25) is 0 Å². The maximum absolute atomic E-state index is 14.3. The molecule has 3 rings (SSSR count). The first-order chi connectivity index (χ1) is 9.24. The lowest BCUT2D eigenvalue weighted by Crippen LogP contribution is -2.25. The van der Waals surface area contributed by atoms with Gasteiger partial charge < -0.3 is 9.47 Å². The van der Waals surface area contributed by atoms with Crippen LogP contribution in [0, 0.1) is 12.7 Å². The van der Waals surface area contributed by atoms with Gasteiger partial charge in [-0.05, 0) is 64.0 Å². The van der Waals surface area contributed by atoms with Crippen molar-refractivity contribution in [3.63, 3.8) is 0 Å². The van der Waals surface area contributed by atoms with E-state index in [1.807, 2.05) is 6.07 Å². The van der Waals surface area contributed by atoms with Crippen molar-refractivity contribution in [3.05, 3.63) is 23.5 Å². The Labute approximate surface area is 113 Å². The number of hydrogen-bond donors (Lipinski definition) is 0. The highest BCUT2D eigenvalue weighted by atomic mass is 19.1. The molecule has 0 bridgehead atoms. The van der Waals surface area contributed by atoms with Crippen molar-refractivity contribution >= 4 is 0 Å². The van der Waals surface area contributed by atoms with Gasteiger partial charge in [0.15, 0.2) is 11.6 Å². The van der Waals surface area contributed by atoms with Gasteiger partial charge in [0, 0.05) is 5.56 Å². The van der Waals surface area contributed by atoms with Crippen molar-refractivity contribution in [2.45, 2.75) is 64.1 Å². The quantitative estimate of drug-likeness (QED) is 0.803. The zero-order chi connectivity index (χ0) is 13.2. The van der Waals surface area contributed by atoms with E-state index < -0.39 is 0 Å². The highest BCUT2D eigenvalue weighted by molar-refractivity contribution is 5.41. The fraction of sp³-hybridized carbons (Fsp3) is 0.625. The standard InChI is InChI=1S/C16H21FO2/c1-11-14(18-13-7-4-8-13)9-10-15(16(11)17)19-12-5-2-3-6-12/h9-10,12-13H,2-8H2,1H3. The summed E-state index contributed by atoms with van der Waals surface area (Å²) in [6.45, 7) is 1.77. The van der Waals surface area contributed by atoms with E-state index in [0.717, 1.165) is 25.7 Å². The lowest BCUT2D eigenvalue weighted by Gasteiger charge is -2.27. The second kappa shape index (κ2) is 5.40. The highest BCUT2D eigenvalue weighted by Gasteiger charge is 2.23. The minimum atomic E-state index is -0.260. The van der Waals surface area contributed by atoms with Crippen LogP contribution in [0.15, 0.2) is 12.1 Å². The molecule has 3 heteroatoms. The molecule has 0 radical (unpaired) electrons. The highest BCUT2D eigenvalue weighted by Crippen LogP contribution is 2.34. The summed E-state index contributed by atoms with van der Waals surface area (Å²) in [6, 6.07) is 3.57. The Morgan fingerprint density at radius 1 is 0.895 bits per heavy atom. The lowest BCUT2D eigenvalue weighted by molar-refractivity contribution is 0.118. The zero-order valence-electron chi connectivity index (χ0n) is 11.5. The van der Waals surface area contributed by atoms with E-state index >= 15 is 0 Å². The molecule has 0 saturated heterocycles. The summed E-state index contributed by atoms with van der Waals surface area (Å²) in [4.78, 5) is 0. The maximum Gasteiger partial charge on any atom is 0.171 e. The third kappa shape index (κ3) is 2.70. The van der Waals surface area contributed by atoms with E-state index in [4.69, 9.17) is 9.47 Å². The molecule has 104 valence electrons. The second-order valence-electron chi connectivity index (χ2n) is 5.70. The molecular formula is C16H21FO2. The molecule has 1 aromatic carbocycles. The van der Waals surface area contributed by atoms with Crippen LogP contribution in [-0.2, 0) is 0 Å². The van der Waals surface area contributed by atoms with E-state index in [-0.39, 0.29) is 18.0 Å². The van der Waals surface area contributed by atoms with Crippen LogP contribution in [0.5, 0.6) is 11.5 Å². The Kier molecular flexibility index (Phi) is 3.63. The van der Waals surface area contributed by atoms with Gasteiger partial charge in [0.05, 0.1) is 12.2 Å². The molecule has 0 spiro atoms. The maximum atomic E-state index is 14.3. The normalized spacial score (nSPS) is 20.3. The molecule has 2 nitrogen and oxygen atoms in total. The Bertz CT molecular complexity index is 448. The van der Waals surface area contributed by atoms with Crippen LogP contribution >= 0.6 is 0 Å². The van der Waals surface area contributed by atoms with Crippen LogP contribution in [0.25, 0.3) is 0 Å². The first-order valence-corrected chi connectivity index (χ1v) is 7.36. The number of ether oxygens (including phenoxy) is 2. The molecule has 2 fully saturated rings. The lowest BCUT2D eigenvalue weighted by atomic mass is 9.96. The molecule has 2 saturated carbocycles. The van der Waals surface area contributed by atoms with Crippen LogP contribution in [-0.4, -0.2) is 12.2 Å². The molecule has 1 aromatic rings. The first kappa shape index (κ1) is 12.8. The molecule has 0 amide bonds. The zero-order valence-corrected chi connectivity index (χ0v) is 11.5. The summed E-state index contributed by atoms with van der Waals surface area (Å²) < 4.78 is 25.8. The van der Waals surface area contributed by atoms with E-state index in [2.05, 4.69) is 0 Å². The number of halogens is 1. The third-order valence-electron chi connectivity index (χ3n) is 4.24. The van der Waals surface area contributed by atoms with E-state index in [1.165, 1.54) is 19.3 Å². The Morgan fingerprint density at radius 3 is 2.00 bits per heavy atom. The monoisotopic (exact) mass is 264 g/mol. The summed E-state index contributed by atoms with van der Waals surface area (Å²) in [5, 5.41) is 0. The van der Waals surface area contributed by atoms with Gasteiger partial charge in [-0.25, -0.2) is 4.39 Å². The van der Waals surface area contributed by atoms with Crippen LogP contribution in [0.1, 0.15) is 50.5 Å². The van der Waals surface area contributed by atoms with Crippen molar-refractivity contribution in [2.24, 2.45) is 0 Å². The van der Waals surface area contributed by atoms with E-state index in [9.17, 15) is 4.39 Å². The van der Waals surface area contributed by atoms with Crippen LogP contribution in [0.3, 0.4) is 0 Å². The molecule has 2 aliphatic carbocycles. The SMILES string of the molecule is Cc1c(OC2CCC2)ccc(OC2CCCC2)c1F. The van der Waals surface area contributed by atoms with E-state index in [0.29, 0.717) is 17.1 Å². The number of hydrogen-bond acceptors (Lipinski definition) is 2. The summed E-state index contributed by atoms with van der Waals surface area (Å²) in [6.07, 6.45) is 8.31. The fourth-order valence-electron chi connectivity index (χ4n) is 2.72. The molecule has 19 heavy (non-hydrogen) atoms. The van der Waals surface area contributed by atoms with Crippen LogP contribution < -0.4 is 9.47 Å². The third-order valence-corrected chi connectivity index (χ3v) is 4.24. The van der Waals surface area contributed by atoms with Crippen molar-refractivity contribution in [2.75, 3.05) is 0 Å². The largest absolute Gasteiger partial charge is 0.490 e. The summed E-state index contributed by atoms with van der Waals surface area (Å²) in [5.41, 5.74) is 0.572. The minimum absolute atomic E-state index is 0.187. The molecule has 0 aromatic heterocycles. The molecule has 0 unspecified atom stereocenters. The second-order valence-corrected chi connectivity index (χ2v) is 5.70. The van der Waals surface area contributed by atoms with Gasteiger partial charge in [0.1, 0.15) is 5.75 Å². The van der Waals surface area contributed by atoms with Crippen LogP contribution in [0.2, 0.25) is 0 Å². The van der Waals surface area contributed by atoms with Crippen molar-refractivity contribution in [3.8, 4) is 11.5 Å². The Hall–Kier alpha value is -1.25. The smallest absolute Gasteiger partial charge is 0.171 e. The topological polar surface area (TPSA) is 18.5 Å². The average Bonchev–Trinajstić information content (AvgIpc) is 2.85. The molecule has 0 aliphatic heterocycles. The Morgan fingerprint density at radius 2 is 1.42 bits per heavy atom. The molecule has 0 N–H and O–H groups in total. The first-order valence-electron chi connectivity index (χ1n) is 7.36. The number of benzene rings is 1. The minimum Gasteiger partial charge on any atom is -0.490 e. The van der Waals surface area contributed by atoms with Gasteiger partial charge in [0.25, 0.3) is 0 Å². The predicted molar refractivity (Wildman–Crippen MR) is 72.3 cm³/mol. The van der Waals surface area contributed by atoms with E-state index in [1.54, 1.807) is 13.0 Å². The van der Waals surface area contributed by atoms with Crippen molar-refractivity contribution in [1.29, 1.82) is 0 Å². The molecule has 0 heterocycles. The van der Waals surface area contributed by atoms with Gasteiger partial charge >= 0.3 is 0 Å². The van der Waals surface area contributed by atoms with Crippen LogP contribution in [0.4, 0.5) is 4.39 Å². The van der Waals surface area contributed by atoms with Crippen molar-refractivity contribution in [1.82, 2.24) is 0 Å². The Balaban J connectivity index is 1.72. The summed E-state index contributed by atoms with van der Waals surface area (Å²) in [5.74, 6) is 0.787. The molecule has 0 atom stereocenters. The van der Waals surface area contributed by atoms with Crippen molar-refractivity contribution < 1.29 is 13.9 Å². The van der Waals surface area contributed by atoms with Gasteiger partial charge in [-0.1, -0.05) is 0 Å². The predicted octanol–water partition coefficient (Wildman–Crippen LogP) is 4.39. The molecular weight excluding hydrogens is 243 g/mol.